The van der Waals surface area contributed by atoms with Crippen LogP contribution in [-0.4, -0.2) is 33.5 Å². The molecule has 0 aromatic rings. The number of hydrogen-bond acceptors (Lipinski definition) is 12. The Morgan fingerprint density at radius 3 is 1.14 bits per heavy atom. The van der Waals surface area contributed by atoms with E-state index in [0.29, 0.717) is 0 Å². The summed E-state index contributed by atoms with van der Waals surface area (Å²) in [6.45, 7) is 0. The highest BCUT2D eigenvalue weighted by Crippen LogP contribution is 2.80. The highest BCUT2D eigenvalue weighted by atomic mass is 33.5. The summed E-state index contributed by atoms with van der Waals surface area (Å²) in [5.41, 5.74) is 0. The monoisotopic (exact) mass is 600 g/mol. The summed E-state index contributed by atoms with van der Waals surface area (Å²) in [7, 11) is 19.9. The van der Waals surface area contributed by atoms with Crippen LogP contribution in [-0.2, 0) is 0 Å². The van der Waals surface area contributed by atoms with Gasteiger partial charge in [-0.2, -0.15) is 0 Å². The summed E-state index contributed by atoms with van der Waals surface area (Å²) in [6, 6.07) is 0. The van der Waals surface area contributed by atoms with E-state index in [1.165, 1.54) is 12.8 Å². The molecule has 0 heterocycles. The standard InChI is InChI=1S/C16H24S12/c1-19-27-23-15-7-4-8(16(15)24-28-20-2)12-10-6-3-5(9(10)11(7)12)13(21-25-17)14(6)22-26-18/h5-18H,3-4H2,1-2H3. The van der Waals surface area contributed by atoms with E-state index in [4.69, 9.17) is 0 Å². The minimum absolute atomic E-state index is 0.794. The molecule has 4 bridgehead atoms. The molecular weight excluding hydrogens is 577 g/mol. The third kappa shape index (κ3) is 3.81. The van der Waals surface area contributed by atoms with Gasteiger partial charge in [-0.15, -0.1) is 0 Å². The lowest BCUT2D eigenvalue weighted by Gasteiger charge is -2.61. The Labute approximate surface area is 218 Å². The van der Waals surface area contributed by atoms with Crippen molar-refractivity contribution in [2.75, 3.05) is 12.5 Å². The molecule has 0 aliphatic heterocycles. The quantitative estimate of drug-likeness (QED) is 0.183. The topological polar surface area (TPSA) is 0 Å². The molecule has 5 saturated carbocycles. The second-order valence-electron chi connectivity index (χ2n) is 8.30. The van der Waals surface area contributed by atoms with E-state index in [-0.39, 0.29) is 0 Å². The van der Waals surface area contributed by atoms with E-state index < -0.39 is 0 Å². The van der Waals surface area contributed by atoms with Crippen molar-refractivity contribution in [3.63, 3.8) is 0 Å². The fourth-order valence-electron chi connectivity index (χ4n) is 7.58. The lowest BCUT2D eigenvalue weighted by Crippen LogP contribution is -2.60. The van der Waals surface area contributed by atoms with Crippen LogP contribution in [0, 0.1) is 47.3 Å². The summed E-state index contributed by atoms with van der Waals surface area (Å²) in [6.07, 6.45) is 7.49. The van der Waals surface area contributed by atoms with Gasteiger partial charge in [0, 0.05) is 21.0 Å². The van der Waals surface area contributed by atoms with Gasteiger partial charge in [0.1, 0.15) is 0 Å². The molecule has 5 fully saturated rings. The van der Waals surface area contributed by atoms with E-state index in [0.717, 1.165) is 68.3 Å². The lowest BCUT2D eigenvalue weighted by molar-refractivity contribution is -0.0847. The first-order valence-electron chi connectivity index (χ1n) is 9.42. The Bertz CT molecular complexity index is 518. The Hall–Kier alpha value is 4.20. The minimum atomic E-state index is 0.794. The lowest BCUT2D eigenvalue weighted by atomic mass is 9.48. The fraction of sp³-hybridized carbons (Fsp3) is 1.00. The van der Waals surface area contributed by atoms with Crippen molar-refractivity contribution in [1.82, 2.24) is 0 Å². The smallest absolute Gasteiger partial charge is 0.0321 e. The first-order valence-corrected chi connectivity index (χ1v) is 23.9. The van der Waals surface area contributed by atoms with Crippen LogP contribution < -0.4 is 0 Å². The summed E-state index contributed by atoms with van der Waals surface area (Å²) >= 11 is 9.03. The van der Waals surface area contributed by atoms with Gasteiger partial charge < -0.3 is 0 Å². The molecule has 0 spiro atoms. The van der Waals surface area contributed by atoms with Crippen molar-refractivity contribution in [2.45, 2.75) is 33.8 Å². The SMILES string of the molecule is CSSSC1C2CC(C1SSSC)C1C3C4CC(C(SSS)C4SSS)C3C21. The Kier molecular flexibility index (Phi) is 8.92. The van der Waals surface area contributed by atoms with Gasteiger partial charge in [-0.3, -0.25) is 0 Å². The summed E-state index contributed by atoms with van der Waals surface area (Å²) in [5.74, 6) is 8.03. The average molecular weight is 601 g/mol. The average Bonchev–Trinajstić information content (AvgIpc) is 3.36. The molecule has 0 radical (unpaired) electrons. The maximum Gasteiger partial charge on any atom is 0.0321 e. The Balaban J connectivity index is 1.37. The van der Waals surface area contributed by atoms with Gasteiger partial charge in [0.05, 0.1) is 0 Å². The van der Waals surface area contributed by atoms with Crippen molar-refractivity contribution in [3.05, 3.63) is 0 Å². The molecule has 12 atom stereocenters. The molecule has 0 nitrogen and oxygen atoms in total. The number of thiol groups is 2. The van der Waals surface area contributed by atoms with E-state index in [2.05, 4.69) is 79.0 Å². The molecule has 12 heteroatoms. The predicted octanol–water partition coefficient (Wildman–Crippen LogP) is 9.01. The zero-order chi connectivity index (χ0) is 19.4. The predicted molar refractivity (Wildman–Crippen MR) is 158 cm³/mol. The van der Waals surface area contributed by atoms with Gasteiger partial charge in [0.15, 0.2) is 0 Å². The largest absolute Gasteiger partial charge is 0.0997 e. The zero-order valence-electron chi connectivity index (χ0n) is 15.3. The summed E-state index contributed by atoms with van der Waals surface area (Å²) in [4.78, 5) is 0. The maximum absolute atomic E-state index is 4.51. The number of hydrogen-bond donors (Lipinski definition) is 2. The number of rotatable bonds is 10. The van der Waals surface area contributed by atoms with Gasteiger partial charge >= 0.3 is 0 Å². The summed E-state index contributed by atoms with van der Waals surface area (Å²) in [5, 5.41) is 3.33. The first kappa shape index (κ1) is 23.9. The van der Waals surface area contributed by atoms with Gasteiger partial charge in [-0.05, 0) is 112 Å². The van der Waals surface area contributed by atoms with Crippen LogP contribution in [0.4, 0.5) is 0 Å². The van der Waals surface area contributed by atoms with Crippen LogP contribution in [0.5, 0.6) is 0 Å². The zero-order valence-corrected chi connectivity index (χ0v) is 25.3. The van der Waals surface area contributed by atoms with Crippen LogP contribution >= 0.6 is 127 Å². The van der Waals surface area contributed by atoms with Gasteiger partial charge in [-0.25, -0.2) is 0 Å². The first-order chi connectivity index (χ1) is 13.8. The molecule has 0 amide bonds. The molecule has 0 N–H and O–H groups in total. The molecule has 160 valence electrons. The molecule has 12 unspecified atom stereocenters. The van der Waals surface area contributed by atoms with Gasteiger partial charge in [0.25, 0.3) is 0 Å². The Morgan fingerprint density at radius 1 is 0.536 bits per heavy atom. The molecule has 0 aromatic carbocycles. The van der Waals surface area contributed by atoms with Crippen molar-refractivity contribution < 1.29 is 0 Å². The second-order valence-corrected chi connectivity index (χ2v) is 23.6. The van der Waals surface area contributed by atoms with Gasteiger partial charge in [0.2, 0.25) is 0 Å². The molecule has 0 saturated heterocycles. The third-order valence-corrected chi connectivity index (χ3v) is 22.2. The van der Waals surface area contributed by atoms with E-state index >= 15 is 0 Å². The molecule has 5 aliphatic rings. The normalized spacial score (nSPS) is 52.7. The minimum Gasteiger partial charge on any atom is -0.0997 e. The fourth-order valence-corrected chi connectivity index (χ4v) is 22.2. The van der Waals surface area contributed by atoms with Crippen molar-refractivity contribution in [3.8, 4) is 0 Å². The van der Waals surface area contributed by atoms with Crippen LogP contribution in [0.1, 0.15) is 12.8 Å². The van der Waals surface area contributed by atoms with E-state index in [1.807, 2.05) is 41.2 Å². The molecule has 28 heavy (non-hydrogen) atoms. The molecule has 0 aromatic heterocycles. The molecule has 5 aliphatic carbocycles. The second kappa shape index (κ2) is 10.4. The van der Waals surface area contributed by atoms with E-state index in [1.54, 1.807) is 19.7 Å². The summed E-state index contributed by atoms with van der Waals surface area (Å²) < 4.78 is 0. The third-order valence-electron chi connectivity index (χ3n) is 7.92. The number of fused-ring (bicyclic) bond motifs is 12. The van der Waals surface area contributed by atoms with Crippen molar-refractivity contribution in [2.24, 2.45) is 47.3 Å². The van der Waals surface area contributed by atoms with Crippen LogP contribution in [0.2, 0.25) is 0 Å². The van der Waals surface area contributed by atoms with Crippen molar-refractivity contribution >= 4 is 127 Å². The Morgan fingerprint density at radius 2 is 0.857 bits per heavy atom. The highest BCUT2D eigenvalue weighted by molar-refractivity contribution is 9.10. The van der Waals surface area contributed by atoms with Crippen LogP contribution in [0.25, 0.3) is 0 Å². The molecule has 5 rings (SSSR count). The molecular formula is C16H24S12. The van der Waals surface area contributed by atoms with Crippen LogP contribution in [0.15, 0.2) is 0 Å². The highest BCUT2D eigenvalue weighted by Gasteiger charge is 2.76. The van der Waals surface area contributed by atoms with E-state index in [9.17, 15) is 0 Å². The van der Waals surface area contributed by atoms with Crippen molar-refractivity contribution in [1.29, 1.82) is 0 Å². The van der Waals surface area contributed by atoms with Gasteiger partial charge in [-0.1, -0.05) is 88.1 Å². The van der Waals surface area contributed by atoms with Crippen LogP contribution in [0.3, 0.4) is 0 Å². The maximum atomic E-state index is 4.51.